The minimum absolute atomic E-state index is 0.0115. The van der Waals surface area contributed by atoms with Gasteiger partial charge in [-0.15, -0.1) is 0 Å². The Morgan fingerprint density at radius 3 is 2.76 bits per heavy atom. The van der Waals surface area contributed by atoms with Crippen LogP contribution in [0.5, 0.6) is 0 Å². The van der Waals surface area contributed by atoms with Gasteiger partial charge in [-0.2, -0.15) is 12.8 Å². The van der Waals surface area contributed by atoms with Crippen molar-refractivity contribution in [2.24, 2.45) is 0 Å². The fourth-order valence-electron chi connectivity index (χ4n) is 1.20. The van der Waals surface area contributed by atoms with E-state index in [0.717, 1.165) is 0 Å². The number of aromatic nitrogens is 3. The van der Waals surface area contributed by atoms with Gasteiger partial charge >= 0.3 is 0 Å². The molecule has 0 unspecified atom stereocenters. The second kappa shape index (κ2) is 4.46. The van der Waals surface area contributed by atoms with E-state index in [-0.39, 0.29) is 11.1 Å². The predicted octanol–water partition coefficient (Wildman–Crippen LogP) is 1.72. The summed E-state index contributed by atoms with van der Waals surface area (Å²) in [7, 11) is -3.61. The molecule has 0 aliphatic heterocycles. The van der Waals surface area contributed by atoms with Crippen molar-refractivity contribution in [2.45, 2.75) is 24.9 Å². The Balaban J connectivity index is 2.25. The van der Waals surface area contributed by atoms with Gasteiger partial charge in [-0.05, 0) is 25.4 Å². The van der Waals surface area contributed by atoms with Crippen LogP contribution >= 0.6 is 11.5 Å². The molecule has 92 valence electrons. The second-order valence-electron chi connectivity index (χ2n) is 3.77. The van der Waals surface area contributed by atoms with Crippen LogP contribution in [0.2, 0.25) is 0 Å². The number of sulfonamides is 1. The lowest BCUT2D eigenvalue weighted by atomic mass is 10.4. The molecule has 0 aliphatic rings. The lowest BCUT2D eigenvalue weighted by Crippen LogP contribution is -2.12. The maximum Gasteiger partial charge on any atom is 0.281 e. The van der Waals surface area contributed by atoms with Crippen LogP contribution in [0.25, 0.3) is 0 Å². The Bertz CT molecular complexity index is 586. The average Bonchev–Trinajstić information content (AvgIpc) is 2.84. The van der Waals surface area contributed by atoms with E-state index in [1.54, 1.807) is 9.95 Å². The molecule has 0 aliphatic carbocycles. The third-order valence-corrected chi connectivity index (χ3v) is 3.99. The Kier molecular flexibility index (Phi) is 3.16. The normalized spacial score (nSPS) is 11.9. The number of rotatable bonds is 4. The molecule has 0 atom stereocenters. The molecular formula is C9H12N4O2S2. The Morgan fingerprint density at radius 1 is 1.47 bits per heavy atom. The number of nitrogens with zero attached hydrogens (tertiary/aromatic N) is 3. The molecule has 0 saturated heterocycles. The minimum atomic E-state index is -3.61. The van der Waals surface area contributed by atoms with Crippen LogP contribution in [-0.2, 0) is 10.0 Å². The first kappa shape index (κ1) is 12.1. The zero-order chi connectivity index (χ0) is 12.5. The van der Waals surface area contributed by atoms with E-state index in [9.17, 15) is 8.42 Å². The molecule has 8 heteroatoms. The lowest BCUT2D eigenvalue weighted by Gasteiger charge is -2.04. The molecule has 0 radical (unpaired) electrons. The summed E-state index contributed by atoms with van der Waals surface area (Å²) in [5, 5.41) is 1.63. The zero-order valence-corrected chi connectivity index (χ0v) is 11.0. The lowest BCUT2D eigenvalue weighted by molar-refractivity contribution is 0.591. The number of nitrogens with one attached hydrogen (secondary N) is 1. The first-order valence-corrected chi connectivity index (χ1v) is 7.26. The molecule has 2 rings (SSSR count). The van der Waals surface area contributed by atoms with Crippen molar-refractivity contribution in [3.05, 3.63) is 24.1 Å². The van der Waals surface area contributed by atoms with Crippen LogP contribution in [0.15, 0.2) is 29.1 Å². The van der Waals surface area contributed by atoms with E-state index in [1.165, 1.54) is 30.3 Å². The molecule has 0 spiro atoms. The van der Waals surface area contributed by atoms with E-state index in [4.69, 9.17) is 0 Å². The maximum atomic E-state index is 11.9. The van der Waals surface area contributed by atoms with E-state index in [0.29, 0.717) is 5.69 Å². The molecular weight excluding hydrogens is 260 g/mol. The van der Waals surface area contributed by atoms with Gasteiger partial charge in [0.15, 0.2) is 5.03 Å². The molecule has 2 heterocycles. The zero-order valence-electron chi connectivity index (χ0n) is 9.36. The Labute approximate surface area is 104 Å². The molecule has 2 aromatic heterocycles. The van der Waals surface area contributed by atoms with Crippen LogP contribution < -0.4 is 4.72 Å². The highest BCUT2D eigenvalue weighted by atomic mass is 32.2. The molecule has 0 aromatic carbocycles. The molecule has 0 bridgehead atoms. The van der Waals surface area contributed by atoms with Crippen LogP contribution in [0, 0.1) is 0 Å². The molecule has 0 amide bonds. The summed E-state index contributed by atoms with van der Waals surface area (Å²) in [6.07, 6.45) is 4.47. The highest BCUT2D eigenvalue weighted by Crippen LogP contribution is 2.16. The third-order valence-electron chi connectivity index (χ3n) is 2.13. The third kappa shape index (κ3) is 2.64. The largest absolute Gasteiger partial charge is 0.334 e. The smallest absolute Gasteiger partial charge is 0.281 e. The van der Waals surface area contributed by atoms with Crippen LogP contribution in [0.3, 0.4) is 0 Å². The highest BCUT2D eigenvalue weighted by Gasteiger charge is 2.18. The molecule has 2 aromatic rings. The highest BCUT2D eigenvalue weighted by molar-refractivity contribution is 7.92. The number of anilines is 1. The van der Waals surface area contributed by atoms with E-state index >= 15 is 0 Å². The second-order valence-corrected chi connectivity index (χ2v) is 6.06. The van der Waals surface area contributed by atoms with Crippen molar-refractivity contribution in [1.82, 2.24) is 13.9 Å². The van der Waals surface area contributed by atoms with Crippen molar-refractivity contribution < 1.29 is 8.42 Å². The van der Waals surface area contributed by atoms with Gasteiger partial charge in [-0.3, -0.25) is 4.72 Å². The predicted molar refractivity (Wildman–Crippen MR) is 65.5 cm³/mol. The van der Waals surface area contributed by atoms with Gasteiger partial charge in [0.2, 0.25) is 0 Å². The molecule has 1 N–H and O–H groups in total. The van der Waals surface area contributed by atoms with E-state index < -0.39 is 10.0 Å². The van der Waals surface area contributed by atoms with Gasteiger partial charge in [-0.25, -0.2) is 4.98 Å². The SMILES string of the molecule is CC(C)n1cnc(S(=O)(=O)Nc2cnsc2)c1. The van der Waals surface area contributed by atoms with E-state index in [1.807, 2.05) is 13.8 Å². The summed E-state index contributed by atoms with van der Waals surface area (Å²) in [6.45, 7) is 3.91. The number of hydrogen-bond acceptors (Lipinski definition) is 5. The summed E-state index contributed by atoms with van der Waals surface area (Å²) in [5.74, 6) is 0. The van der Waals surface area contributed by atoms with Gasteiger partial charge in [-0.1, -0.05) is 0 Å². The fraction of sp³-hybridized carbons (Fsp3) is 0.333. The van der Waals surface area contributed by atoms with Crippen molar-refractivity contribution in [3.63, 3.8) is 0 Å². The topological polar surface area (TPSA) is 76.9 Å². The summed E-state index contributed by atoms with van der Waals surface area (Å²) >= 11 is 1.18. The summed E-state index contributed by atoms with van der Waals surface area (Å²) in [6, 6.07) is 0.175. The summed E-state index contributed by atoms with van der Waals surface area (Å²) < 4.78 is 31.8. The van der Waals surface area contributed by atoms with Crippen LogP contribution in [-0.4, -0.2) is 22.3 Å². The maximum absolute atomic E-state index is 11.9. The van der Waals surface area contributed by atoms with Gasteiger partial charge in [0, 0.05) is 17.6 Å². The first-order chi connectivity index (χ1) is 7.99. The number of imidazole rings is 1. The summed E-state index contributed by atoms with van der Waals surface area (Å²) in [4.78, 5) is 3.89. The van der Waals surface area contributed by atoms with Gasteiger partial charge in [0.1, 0.15) is 0 Å². The average molecular weight is 272 g/mol. The van der Waals surface area contributed by atoms with Crippen molar-refractivity contribution in [1.29, 1.82) is 0 Å². The standard InChI is InChI=1S/C9H12N4O2S2/c1-7(2)13-4-9(10-6-13)17(14,15)12-8-3-11-16-5-8/h3-7,12H,1-2H3. The van der Waals surface area contributed by atoms with Crippen molar-refractivity contribution >= 4 is 27.2 Å². The quantitative estimate of drug-likeness (QED) is 0.919. The van der Waals surface area contributed by atoms with Gasteiger partial charge < -0.3 is 4.57 Å². The Hall–Kier alpha value is -1.41. The van der Waals surface area contributed by atoms with Crippen molar-refractivity contribution in [3.8, 4) is 0 Å². The number of hydrogen-bond donors (Lipinski definition) is 1. The Morgan fingerprint density at radius 2 is 2.24 bits per heavy atom. The first-order valence-electron chi connectivity index (χ1n) is 4.95. The van der Waals surface area contributed by atoms with Gasteiger partial charge in [0.25, 0.3) is 10.0 Å². The van der Waals surface area contributed by atoms with Crippen LogP contribution in [0.1, 0.15) is 19.9 Å². The fourth-order valence-corrected chi connectivity index (χ4v) is 2.72. The van der Waals surface area contributed by atoms with Crippen LogP contribution in [0.4, 0.5) is 5.69 Å². The minimum Gasteiger partial charge on any atom is -0.334 e. The molecule has 0 saturated carbocycles. The van der Waals surface area contributed by atoms with Gasteiger partial charge in [0.05, 0.1) is 18.2 Å². The molecule has 6 nitrogen and oxygen atoms in total. The monoisotopic (exact) mass is 272 g/mol. The molecule has 0 fully saturated rings. The molecule has 17 heavy (non-hydrogen) atoms. The van der Waals surface area contributed by atoms with Crippen molar-refractivity contribution in [2.75, 3.05) is 4.72 Å². The summed E-state index contributed by atoms with van der Waals surface area (Å²) in [5.41, 5.74) is 0.453. The van der Waals surface area contributed by atoms with E-state index in [2.05, 4.69) is 14.1 Å².